The molecule has 2 saturated heterocycles. The molecule has 1 aromatic rings. The molecule has 1 saturated carbocycles. The van der Waals surface area contributed by atoms with Crippen molar-refractivity contribution in [1.29, 1.82) is 0 Å². The highest BCUT2D eigenvalue weighted by atomic mass is 16.7. The summed E-state index contributed by atoms with van der Waals surface area (Å²) in [6.45, 7) is 16.7. The van der Waals surface area contributed by atoms with Crippen LogP contribution in [0.15, 0.2) is 34.9 Å². The summed E-state index contributed by atoms with van der Waals surface area (Å²) in [5, 5.41) is 4.04. The Kier molecular flexibility index (Phi) is 6.14. The number of hydrogen-bond donors (Lipinski definition) is 0. The molecule has 0 spiro atoms. The van der Waals surface area contributed by atoms with E-state index in [1.807, 2.05) is 18.2 Å². The van der Waals surface area contributed by atoms with Crippen LogP contribution in [0.4, 0.5) is 0 Å². The van der Waals surface area contributed by atoms with Crippen LogP contribution in [-0.2, 0) is 23.5 Å². The van der Waals surface area contributed by atoms with Crippen molar-refractivity contribution in [3.63, 3.8) is 0 Å². The molecule has 33 heavy (non-hydrogen) atoms. The number of hydrogen-bond acceptors (Lipinski definition) is 6. The van der Waals surface area contributed by atoms with E-state index < -0.39 is 36.6 Å². The van der Waals surface area contributed by atoms with E-state index in [4.69, 9.17) is 23.5 Å². The van der Waals surface area contributed by atoms with E-state index in [9.17, 15) is 0 Å². The van der Waals surface area contributed by atoms with Gasteiger partial charge < -0.3 is 23.5 Å². The highest BCUT2D eigenvalue weighted by Crippen LogP contribution is 2.50. The van der Waals surface area contributed by atoms with E-state index in [1.54, 1.807) is 13.3 Å². The molecular formula is C25H37B2NO5. The topological polar surface area (TPSA) is 58.5 Å². The van der Waals surface area contributed by atoms with Crippen LogP contribution < -0.4 is 0 Å². The van der Waals surface area contributed by atoms with Gasteiger partial charge in [-0.1, -0.05) is 29.4 Å². The number of nitrogens with zero attached hydrogens (tertiary/aromatic N) is 1. The summed E-state index contributed by atoms with van der Waals surface area (Å²) in [5.41, 5.74) is 2.21. The van der Waals surface area contributed by atoms with Gasteiger partial charge in [0.15, 0.2) is 0 Å². The van der Waals surface area contributed by atoms with Gasteiger partial charge >= 0.3 is 14.2 Å². The summed E-state index contributed by atoms with van der Waals surface area (Å²) in [7, 11) is 0.523. The Morgan fingerprint density at radius 3 is 1.82 bits per heavy atom. The molecule has 178 valence electrons. The lowest BCUT2D eigenvalue weighted by Gasteiger charge is -2.32. The normalized spacial score (nSPS) is 26.1. The first-order chi connectivity index (χ1) is 15.3. The van der Waals surface area contributed by atoms with E-state index in [0.717, 1.165) is 34.9 Å². The second-order valence-electron chi connectivity index (χ2n) is 11.3. The SMILES string of the molecule is CO/N=C/c1ccccc1/C(B1OC(C)(C)C(C)(C)O1)=C(/B1OC(C)(C)C(C)(C)O1)C1CC1. The average Bonchev–Trinajstić information content (AvgIpc) is 3.46. The van der Waals surface area contributed by atoms with Gasteiger partial charge in [-0.2, -0.15) is 0 Å². The molecule has 2 aliphatic heterocycles. The predicted molar refractivity (Wildman–Crippen MR) is 133 cm³/mol. The van der Waals surface area contributed by atoms with Crippen LogP contribution in [0.3, 0.4) is 0 Å². The largest absolute Gasteiger partial charge is 0.494 e. The quantitative estimate of drug-likeness (QED) is 0.341. The van der Waals surface area contributed by atoms with Crippen molar-refractivity contribution < 1.29 is 23.5 Å². The number of benzene rings is 1. The lowest BCUT2D eigenvalue weighted by Crippen LogP contribution is -2.41. The molecular weight excluding hydrogens is 416 g/mol. The van der Waals surface area contributed by atoms with Gasteiger partial charge in [0.2, 0.25) is 0 Å². The second kappa shape index (κ2) is 8.26. The van der Waals surface area contributed by atoms with Crippen molar-refractivity contribution in [2.45, 2.75) is 90.6 Å². The van der Waals surface area contributed by atoms with Gasteiger partial charge in [0, 0.05) is 5.56 Å². The molecule has 8 heteroatoms. The molecule has 1 aromatic carbocycles. The van der Waals surface area contributed by atoms with E-state index in [-0.39, 0.29) is 0 Å². The van der Waals surface area contributed by atoms with Crippen molar-refractivity contribution >= 4 is 25.9 Å². The van der Waals surface area contributed by atoms with Gasteiger partial charge in [-0.05, 0) is 90.7 Å². The van der Waals surface area contributed by atoms with Crippen LogP contribution in [0, 0.1) is 5.92 Å². The van der Waals surface area contributed by atoms with Crippen LogP contribution >= 0.6 is 0 Å². The van der Waals surface area contributed by atoms with Gasteiger partial charge in [-0.3, -0.25) is 0 Å². The van der Waals surface area contributed by atoms with Crippen LogP contribution in [-0.4, -0.2) is 50.0 Å². The Balaban J connectivity index is 1.91. The van der Waals surface area contributed by atoms with E-state index in [2.05, 4.69) is 66.6 Å². The first kappa shape index (κ1) is 24.5. The Labute approximate surface area is 199 Å². The summed E-state index contributed by atoms with van der Waals surface area (Å²) in [6, 6.07) is 8.14. The number of allylic oxidation sites excluding steroid dienone is 1. The number of oxime groups is 1. The fourth-order valence-electron chi connectivity index (χ4n) is 4.25. The maximum atomic E-state index is 6.60. The van der Waals surface area contributed by atoms with E-state index in [0.29, 0.717) is 5.92 Å². The molecule has 2 heterocycles. The Bertz CT molecular complexity index is 933. The van der Waals surface area contributed by atoms with Gasteiger partial charge in [0.1, 0.15) is 7.11 Å². The van der Waals surface area contributed by atoms with Crippen molar-refractivity contribution in [1.82, 2.24) is 0 Å². The zero-order valence-electron chi connectivity index (χ0n) is 21.5. The lowest BCUT2D eigenvalue weighted by atomic mass is 9.60. The maximum Gasteiger partial charge on any atom is 0.494 e. The van der Waals surface area contributed by atoms with Crippen molar-refractivity contribution in [2.24, 2.45) is 11.1 Å². The molecule has 0 amide bonds. The Hall–Kier alpha value is -1.60. The molecule has 0 radical (unpaired) electrons. The van der Waals surface area contributed by atoms with Gasteiger partial charge in [0.25, 0.3) is 0 Å². The molecule has 3 aliphatic rings. The minimum absolute atomic E-state index is 0.362. The fourth-order valence-corrected chi connectivity index (χ4v) is 4.25. The third-order valence-corrected chi connectivity index (χ3v) is 7.87. The monoisotopic (exact) mass is 453 g/mol. The minimum atomic E-state index is -0.554. The van der Waals surface area contributed by atoms with Crippen molar-refractivity contribution in [3.05, 3.63) is 40.9 Å². The molecule has 0 aromatic heterocycles. The van der Waals surface area contributed by atoms with Crippen LogP contribution in [0.25, 0.3) is 5.47 Å². The van der Waals surface area contributed by atoms with Gasteiger partial charge in [0.05, 0.1) is 28.6 Å². The van der Waals surface area contributed by atoms with E-state index in [1.165, 1.54) is 0 Å². The molecule has 6 nitrogen and oxygen atoms in total. The first-order valence-electron chi connectivity index (χ1n) is 11.9. The summed E-state index contributed by atoms with van der Waals surface area (Å²) in [6.07, 6.45) is 3.92. The van der Waals surface area contributed by atoms with E-state index >= 15 is 0 Å². The maximum absolute atomic E-state index is 6.60. The third-order valence-electron chi connectivity index (χ3n) is 7.87. The Morgan fingerprint density at radius 1 is 0.848 bits per heavy atom. The highest BCUT2D eigenvalue weighted by Gasteiger charge is 2.58. The summed E-state index contributed by atoms with van der Waals surface area (Å²) < 4.78 is 26.3. The zero-order chi connectivity index (χ0) is 24.2. The van der Waals surface area contributed by atoms with Crippen LogP contribution in [0.5, 0.6) is 0 Å². The van der Waals surface area contributed by atoms with Crippen LogP contribution in [0.2, 0.25) is 0 Å². The third kappa shape index (κ3) is 4.43. The number of rotatable bonds is 6. The standard InChI is InChI=1S/C25H37B2NO5/c1-22(2)23(3,4)31-26(30-22)20(17-14-15-17)21(27-32-24(5,6)25(7,8)33-27)19-13-11-10-12-18(19)16-28-29-9/h10-13,16-17H,14-15H2,1-9H3/b21-20-,28-16+. The lowest BCUT2D eigenvalue weighted by molar-refractivity contribution is 0.00578. The molecule has 0 atom stereocenters. The second-order valence-corrected chi connectivity index (χ2v) is 11.3. The van der Waals surface area contributed by atoms with Crippen molar-refractivity contribution in [3.8, 4) is 0 Å². The summed E-state index contributed by atoms with van der Waals surface area (Å²) in [4.78, 5) is 4.99. The van der Waals surface area contributed by atoms with Crippen LogP contribution in [0.1, 0.15) is 79.4 Å². The molecule has 0 N–H and O–H groups in total. The molecule has 1 aliphatic carbocycles. The van der Waals surface area contributed by atoms with Crippen molar-refractivity contribution in [2.75, 3.05) is 7.11 Å². The first-order valence-corrected chi connectivity index (χ1v) is 11.9. The summed E-state index contributed by atoms with van der Waals surface area (Å²) in [5.74, 6) is 0.362. The highest BCUT2D eigenvalue weighted by molar-refractivity contribution is 6.74. The smallest absolute Gasteiger partial charge is 0.400 e. The van der Waals surface area contributed by atoms with Gasteiger partial charge in [-0.25, -0.2) is 0 Å². The molecule has 3 fully saturated rings. The molecule has 4 rings (SSSR count). The van der Waals surface area contributed by atoms with Gasteiger partial charge in [-0.15, -0.1) is 0 Å². The predicted octanol–water partition coefficient (Wildman–Crippen LogP) is 5.09. The fraction of sp³-hybridized carbons (Fsp3) is 0.640. The minimum Gasteiger partial charge on any atom is -0.400 e. The zero-order valence-corrected chi connectivity index (χ0v) is 21.5. The Morgan fingerprint density at radius 2 is 1.33 bits per heavy atom. The average molecular weight is 453 g/mol. The summed E-state index contributed by atoms with van der Waals surface area (Å²) >= 11 is 0. The molecule has 0 bridgehead atoms. The molecule has 0 unspecified atom stereocenters.